The molecule has 2 aliphatic rings. The van der Waals surface area contributed by atoms with E-state index in [4.69, 9.17) is 31.8 Å². The Morgan fingerprint density at radius 3 is 2.01 bits per heavy atom. The molecule has 8 atom stereocenters. The Morgan fingerprint density at radius 2 is 1.44 bits per heavy atom. The van der Waals surface area contributed by atoms with Crippen molar-refractivity contribution in [2.75, 3.05) is 31.7 Å². The first-order valence-electron chi connectivity index (χ1n) is 24.0. The summed E-state index contributed by atoms with van der Waals surface area (Å²) >= 11 is 1.18. The fraction of sp³-hybridized carbons (Fsp3) is 0.617. The maximum atomic E-state index is 14.5. The summed E-state index contributed by atoms with van der Waals surface area (Å²) in [5.41, 5.74) is 16.8. The number of nitrogens with one attached hydrogen (secondary N) is 7. The number of carboxylic acids is 1. The average Bonchev–Trinajstić information content (AvgIpc) is 3.82. The predicted octanol–water partition coefficient (Wildman–Crippen LogP) is -2.41. The van der Waals surface area contributed by atoms with Gasteiger partial charge in [-0.25, -0.2) is 0 Å². The number of benzene rings is 1. The lowest BCUT2D eigenvalue weighted by Crippen LogP contribution is -2.61. The maximum Gasteiger partial charge on any atom is 0.300 e. The van der Waals surface area contributed by atoms with Crippen molar-refractivity contribution >= 4 is 82.7 Å². The van der Waals surface area contributed by atoms with E-state index in [-0.39, 0.29) is 62.5 Å². The van der Waals surface area contributed by atoms with Crippen LogP contribution in [0.4, 0.5) is 0 Å². The Kier molecular flexibility index (Phi) is 26.8. The molecule has 0 aromatic heterocycles. The Hall–Kier alpha value is -6.99. The molecule has 3 unspecified atom stereocenters. The van der Waals surface area contributed by atoms with Crippen LogP contribution in [-0.2, 0) is 64.0 Å². The fourth-order valence-electron chi connectivity index (χ4n) is 7.68. The fourth-order valence-corrected chi connectivity index (χ4v) is 8.66. The highest BCUT2D eigenvalue weighted by Crippen LogP contribution is 2.22. The van der Waals surface area contributed by atoms with Gasteiger partial charge in [-0.1, -0.05) is 46.2 Å². The Morgan fingerprint density at radius 1 is 0.822 bits per heavy atom. The van der Waals surface area contributed by atoms with Gasteiger partial charge in [-0.3, -0.25) is 57.5 Å². The first-order valence-corrected chi connectivity index (χ1v) is 25.2. The number of carbonyl (C=O) groups is 12. The highest BCUT2D eigenvalue weighted by Gasteiger charge is 2.40. The summed E-state index contributed by atoms with van der Waals surface area (Å²) < 4.78 is 5.25. The second-order valence-electron chi connectivity index (χ2n) is 18.2. The van der Waals surface area contributed by atoms with Crippen molar-refractivity contribution in [1.29, 1.82) is 0 Å². The molecule has 2 aliphatic heterocycles. The number of likely N-dealkylation sites (tertiary alicyclic amines) is 1. The third kappa shape index (κ3) is 22.5. The number of hydrogen-bond acceptors (Lipinski definition) is 14. The minimum atomic E-state index is -1.71. The summed E-state index contributed by atoms with van der Waals surface area (Å²) in [5.74, 6) is -9.43. The number of nitrogens with zero attached hydrogens (tertiary/aromatic N) is 1. The third-order valence-electron chi connectivity index (χ3n) is 11.6. The van der Waals surface area contributed by atoms with Crippen molar-refractivity contribution in [3.8, 4) is 5.75 Å². The van der Waals surface area contributed by atoms with E-state index in [1.165, 1.54) is 23.8 Å². The van der Waals surface area contributed by atoms with Crippen LogP contribution in [-0.4, -0.2) is 155 Å². The van der Waals surface area contributed by atoms with Crippen molar-refractivity contribution in [3.05, 3.63) is 29.8 Å². The molecule has 1 aromatic rings. The number of carboxylic acid groups (broad SMARTS) is 1. The van der Waals surface area contributed by atoms with E-state index >= 15 is 0 Å². The zero-order valence-corrected chi connectivity index (χ0v) is 43.1. The molecule has 0 radical (unpaired) electrons. The zero-order chi connectivity index (χ0) is 54.9. The molecule has 0 spiro atoms. The van der Waals surface area contributed by atoms with Gasteiger partial charge in [0.05, 0.1) is 20.1 Å². The van der Waals surface area contributed by atoms with E-state index in [0.717, 1.165) is 6.92 Å². The van der Waals surface area contributed by atoms with Gasteiger partial charge in [-0.15, -0.1) is 0 Å². The summed E-state index contributed by atoms with van der Waals surface area (Å²) in [6.07, 6.45) is -0.176. The maximum absolute atomic E-state index is 14.5. The summed E-state index contributed by atoms with van der Waals surface area (Å²) in [6.45, 7) is 7.83. The van der Waals surface area contributed by atoms with Crippen LogP contribution >= 0.6 is 11.8 Å². The number of methoxy groups -OCH3 is 1. The number of nitrogens with two attached hydrogens (primary N) is 3. The van der Waals surface area contributed by atoms with E-state index in [1.54, 1.807) is 38.1 Å². The molecule has 3 rings (SSSR count). The molecule has 2 fully saturated rings. The van der Waals surface area contributed by atoms with Crippen LogP contribution in [0.3, 0.4) is 0 Å². The molecule has 406 valence electrons. The standard InChI is InChI=1S/C45H69N11O12S.C2H4O2/c1-6-25(4)38-44(66)51-28(15-16-34(46)57)40(62)52-31(21-35(47)58)41(63)54-32(23-69-18-8-10-37(60)50-30(42(64)55-38)20-26-11-13-27(68-5)14-12-26)45(67)56-17-7-9-33(56)43(65)53-29(19-24(2)3)39(61)49-22-36(48)59;1-2(3)4/h11-14,24-25,28-33,38H,6-10,15-23H2,1-5H3,(H2,46,57)(H2,47,58)(H2,48,59)(H,49,61)(H,50,60)(H,51,66)(H,52,62)(H,53,65)(H,54,63)(H,55,64);1H3,(H,3,4)/t25-,28-,29-,30?,31?,32?,33-,38-;/m0./s1. The summed E-state index contributed by atoms with van der Waals surface area (Å²) in [4.78, 5) is 157. The molecule has 2 saturated heterocycles. The Bertz CT molecular complexity index is 2120. The molecule has 0 bridgehead atoms. The lowest BCUT2D eigenvalue weighted by molar-refractivity contribution is -0.142. The minimum Gasteiger partial charge on any atom is -0.497 e. The molecule has 26 heteroatoms. The van der Waals surface area contributed by atoms with Gasteiger partial charge in [0.15, 0.2) is 0 Å². The largest absolute Gasteiger partial charge is 0.497 e. The quantitative estimate of drug-likeness (QED) is 0.0730. The molecule has 14 N–H and O–H groups in total. The normalized spacial score (nSPS) is 22.2. The molecule has 1 aromatic carbocycles. The predicted molar refractivity (Wildman–Crippen MR) is 266 cm³/mol. The number of amides is 11. The highest BCUT2D eigenvalue weighted by atomic mass is 32.2. The van der Waals surface area contributed by atoms with Crippen LogP contribution in [0.5, 0.6) is 5.75 Å². The van der Waals surface area contributed by atoms with Gasteiger partial charge in [0, 0.05) is 38.5 Å². The van der Waals surface area contributed by atoms with Crippen molar-refractivity contribution in [2.24, 2.45) is 29.0 Å². The second-order valence-corrected chi connectivity index (χ2v) is 19.3. The van der Waals surface area contributed by atoms with Crippen molar-refractivity contribution in [3.63, 3.8) is 0 Å². The number of aliphatic carboxylic acids is 1. The Balaban J connectivity index is 0.00000439. The number of carbonyl (C=O) groups excluding carboxylic acids is 11. The molecule has 0 saturated carbocycles. The van der Waals surface area contributed by atoms with E-state index in [9.17, 15) is 52.7 Å². The zero-order valence-electron chi connectivity index (χ0n) is 42.2. The lowest BCUT2D eigenvalue weighted by Gasteiger charge is -2.31. The van der Waals surface area contributed by atoms with Crippen LogP contribution in [0.25, 0.3) is 0 Å². The van der Waals surface area contributed by atoms with Gasteiger partial charge in [0.25, 0.3) is 5.97 Å². The van der Waals surface area contributed by atoms with Gasteiger partial charge < -0.3 is 69.2 Å². The molecule has 25 nitrogen and oxygen atoms in total. The van der Waals surface area contributed by atoms with Gasteiger partial charge in [-0.2, -0.15) is 11.8 Å². The van der Waals surface area contributed by atoms with Crippen molar-refractivity contribution in [2.45, 2.75) is 141 Å². The molecule has 2 heterocycles. The number of ether oxygens (including phenoxy) is 1. The van der Waals surface area contributed by atoms with Crippen LogP contribution in [0.1, 0.15) is 98.0 Å². The van der Waals surface area contributed by atoms with Crippen molar-refractivity contribution < 1.29 is 67.4 Å². The summed E-state index contributed by atoms with van der Waals surface area (Å²) in [6, 6.07) is -2.40. The van der Waals surface area contributed by atoms with Gasteiger partial charge in [0.2, 0.25) is 65.0 Å². The number of thioether (sulfide) groups is 1. The smallest absolute Gasteiger partial charge is 0.300 e. The lowest BCUT2D eigenvalue weighted by atomic mass is 9.96. The molecule has 73 heavy (non-hydrogen) atoms. The van der Waals surface area contributed by atoms with Crippen LogP contribution < -0.4 is 59.2 Å². The summed E-state index contributed by atoms with van der Waals surface area (Å²) in [7, 11) is 1.50. The highest BCUT2D eigenvalue weighted by molar-refractivity contribution is 7.99. The van der Waals surface area contributed by atoms with Crippen LogP contribution in [0.2, 0.25) is 0 Å². The first kappa shape index (κ1) is 62.1. The molecule has 0 aliphatic carbocycles. The topological polar surface area (TPSA) is 400 Å². The van der Waals surface area contributed by atoms with E-state index in [0.29, 0.717) is 24.2 Å². The summed E-state index contributed by atoms with van der Waals surface area (Å²) in [5, 5.41) is 25.6. The minimum absolute atomic E-state index is 0.0237. The molecular weight excluding hydrogens is 975 g/mol. The van der Waals surface area contributed by atoms with Crippen LogP contribution in [0.15, 0.2) is 24.3 Å². The monoisotopic (exact) mass is 1050 g/mol. The van der Waals surface area contributed by atoms with Gasteiger partial charge in [0.1, 0.15) is 48.0 Å². The first-order chi connectivity index (χ1) is 34.4. The van der Waals surface area contributed by atoms with Crippen molar-refractivity contribution in [1.82, 2.24) is 42.1 Å². The van der Waals surface area contributed by atoms with Crippen LogP contribution in [0, 0.1) is 11.8 Å². The SMILES string of the molecule is CC(=O)O.CC[C@H](C)[C@@H]1NC(=O)C(Cc2ccc(OC)cc2)NC(=O)CCCSCC(C(=O)N2CCC[C@H]2C(=O)N[C@@H](CC(C)C)C(=O)NCC(N)=O)NC(=O)C(CC(N)=O)NC(=O)[C@H](CCC(N)=O)NC1=O. The Labute approximate surface area is 428 Å². The third-order valence-corrected chi connectivity index (χ3v) is 12.7. The molecular formula is C47H73N11O14S. The van der Waals surface area contributed by atoms with E-state index in [1.807, 2.05) is 13.8 Å². The number of hydrogen-bond donors (Lipinski definition) is 11. The number of primary amides is 3. The van der Waals surface area contributed by atoms with Gasteiger partial charge in [-0.05, 0) is 67.4 Å². The van der Waals surface area contributed by atoms with E-state index < -0.39 is 139 Å². The average molecular weight is 1050 g/mol. The van der Waals surface area contributed by atoms with Gasteiger partial charge >= 0.3 is 0 Å². The molecule has 11 amide bonds. The van der Waals surface area contributed by atoms with E-state index in [2.05, 4.69) is 37.2 Å². The second kappa shape index (κ2) is 31.5. The number of rotatable bonds is 18.